The van der Waals surface area contributed by atoms with E-state index in [0.717, 1.165) is 18.4 Å². The average molecular weight is 266 g/mol. The van der Waals surface area contributed by atoms with Crippen LogP contribution in [0, 0.1) is 0 Å². The first kappa shape index (κ1) is 16.8. The Bertz CT molecular complexity index is 382. The van der Waals surface area contributed by atoms with Gasteiger partial charge >= 0.3 is 5.97 Å². The topological polar surface area (TPSA) is 46.5 Å². The van der Waals surface area contributed by atoms with Crippen LogP contribution in [0.25, 0.3) is 0 Å². The third-order valence-electron chi connectivity index (χ3n) is 2.19. The Balaban J connectivity index is 0.00000256. The van der Waals surface area contributed by atoms with Gasteiger partial charge in [0.05, 0.1) is 0 Å². The number of aliphatic carboxylic acids is 1. The van der Waals surface area contributed by atoms with Gasteiger partial charge in [-0.25, -0.2) is 4.79 Å². The van der Waals surface area contributed by atoms with Crippen molar-refractivity contribution in [2.75, 3.05) is 0 Å². The molecule has 0 heterocycles. The maximum Gasteiger partial charge on any atom is 0.344 e. The molecule has 0 bridgehead atoms. The molecular weight excluding hydrogens is 251 g/mol. The van der Waals surface area contributed by atoms with Crippen molar-refractivity contribution in [1.82, 2.24) is 0 Å². The van der Waals surface area contributed by atoms with Crippen molar-refractivity contribution in [3.05, 3.63) is 28.8 Å². The quantitative estimate of drug-likeness (QED) is 0.833. The molecule has 0 spiro atoms. The summed E-state index contributed by atoms with van der Waals surface area (Å²) in [6.45, 7) is 3.55. The Hall–Kier alpha value is -0.220. The SMILES string of the molecule is CCCc1cc(Cl)ccc1O[C@@H](C)C(=O)O.[Na]. The molecule has 1 N–H and O–H groups in total. The van der Waals surface area contributed by atoms with Gasteiger partial charge in [0.25, 0.3) is 0 Å². The molecule has 1 atom stereocenters. The predicted octanol–water partition coefficient (Wildman–Crippen LogP) is 2.76. The summed E-state index contributed by atoms with van der Waals surface area (Å²) in [5, 5.41) is 9.41. The van der Waals surface area contributed by atoms with Crippen molar-refractivity contribution in [1.29, 1.82) is 0 Å². The second kappa shape index (κ2) is 7.98. The molecule has 0 aliphatic rings. The molecule has 0 aromatic heterocycles. The van der Waals surface area contributed by atoms with Crippen LogP contribution in [0.2, 0.25) is 5.02 Å². The van der Waals surface area contributed by atoms with Gasteiger partial charge in [0.15, 0.2) is 6.10 Å². The Morgan fingerprint density at radius 1 is 1.53 bits per heavy atom. The number of halogens is 1. The van der Waals surface area contributed by atoms with Crippen molar-refractivity contribution < 1.29 is 14.6 Å². The van der Waals surface area contributed by atoms with Crippen molar-refractivity contribution in [3.8, 4) is 5.75 Å². The maximum atomic E-state index is 10.7. The molecule has 1 aromatic rings. The van der Waals surface area contributed by atoms with Crippen molar-refractivity contribution >= 4 is 47.1 Å². The van der Waals surface area contributed by atoms with E-state index in [2.05, 4.69) is 0 Å². The number of ether oxygens (including phenoxy) is 1. The van der Waals surface area contributed by atoms with Gasteiger partial charge in [-0.15, -0.1) is 0 Å². The molecule has 0 aliphatic heterocycles. The molecule has 0 saturated carbocycles. The second-order valence-electron chi connectivity index (χ2n) is 3.60. The van der Waals surface area contributed by atoms with E-state index in [1.54, 1.807) is 12.1 Å². The van der Waals surface area contributed by atoms with E-state index in [9.17, 15) is 4.79 Å². The van der Waals surface area contributed by atoms with E-state index < -0.39 is 12.1 Å². The van der Waals surface area contributed by atoms with Gasteiger partial charge in [-0.2, -0.15) is 0 Å². The fourth-order valence-electron chi connectivity index (χ4n) is 1.37. The van der Waals surface area contributed by atoms with E-state index in [0.29, 0.717) is 10.8 Å². The largest absolute Gasteiger partial charge is 0.479 e. The average Bonchev–Trinajstić information content (AvgIpc) is 2.22. The summed E-state index contributed by atoms with van der Waals surface area (Å²) in [4.78, 5) is 10.7. The van der Waals surface area contributed by atoms with Crippen molar-refractivity contribution in [3.63, 3.8) is 0 Å². The smallest absolute Gasteiger partial charge is 0.344 e. The first-order chi connectivity index (χ1) is 7.54. The molecule has 5 heteroatoms. The molecule has 0 fully saturated rings. The Labute approximate surface area is 128 Å². The number of aryl methyl sites for hydroxylation is 1. The standard InChI is InChI=1S/C12H15ClO3.Na/c1-3-4-9-7-10(13)5-6-11(9)16-8(2)12(14)15;/h5-8H,3-4H2,1-2H3,(H,14,15);/t8-;/m0./s1. The minimum Gasteiger partial charge on any atom is -0.479 e. The van der Waals surface area contributed by atoms with Crippen LogP contribution in [0.4, 0.5) is 0 Å². The van der Waals surface area contributed by atoms with Gasteiger partial charge in [-0.05, 0) is 37.1 Å². The molecule has 1 aromatic carbocycles. The summed E-state index contributed by atoms with van der Waals surface area (Å²) < 4.78 is 5.36. The predicted molar refractivity (Wildman–Crippen MR) is 68.9 cm³/mol. The van der Waals surface area contributed by atoms with E-state index in [1.807, 2.05) is 13.0 Å². The number of carboxylic acids is 1. The first-order valence-electron chi connectivity index (χ1n) is 5.22. The monoisotopic (exact) mass is 265 g/mol. The van der Waals surface area contributed by atoms with Gasteiger partial charge in [0.1, 0.15) is 5.75 Å². The maximum absolute atomic E-state index is 10.7. The summed E-state index contributed by atoms with van der Waals surface area (Å²) in [7, 11) is 0. The zero-order chi connectivity index (χ0) is 12.1. The molecule has 0 saturated heterocycles. The number of hydrogen-bond donors (Lipinski definition) is 1. The minimum atomic E-state index is -0.975. The van der Waals surface area contributed by atoms with Crippen LogP contribution < -0.4 is 4.74 Å². The minimum absolute atomic E-state index is 0. The molecular formula is C12H15ClNaO3. The van der Waals surface area contributed by atoms with Gasteiger partial charge in [-0.3, -0.25) is 0 Å². The zero-order valence-corrected chi connectivity index (χ0v) is 13.1. The molecule has 1 radical (unpaired) electrons. The van der Waals surface area contributed by atoms with Gasteiger partial charge in [-0.1, -0.05) is 24.9 Å². The third-order valence-corrected chi connectivity index (χ3v) is 2.43. The van der Waals surface area contributed by atoms with E-state index in [4.69, 9.17) is 21.4 Å². The Morgan fingerprint density at radius 3 is 2.71 bits per heavy atom. The van der Waals surface area contributed by atoms with E-state index >= 15 is 0 Å². The molecule has 0 amide bonds. The summed E-state index contributed by atoms with van der Waals surface area (Å²) in [6, 6.07) is 5.23. The summed E-state index contributed by atoms with van der Waals surface area (Å²) in [6.07, 6.45) is 0.928. The molecule has 3 nitrogen and oxygen atoms in total. The number of hydrogen-bond acceptors (Lipinski definition) is 2. The van der Waals surface area contributed by atoms with Crippen LogP contribution in [0.5, 0.6) is 5.75 Å². The fourth-order valence-corrected chi connectivity index (χ4v) is 1.56. The second-order valence-corrected chi connectivity index (χ2v) is 4.04. The van der Waals surface area contributed by atoms with Crippen LogP contribution in [0.3, 0.4) is 0 Å². The van der Waals surface area contributed by atoms with Crippen LogP contribution in [-0.2, 0) is 11.2 Å². The van der Waals surface area contributed by atoms with Crippen LogP contribution in [-0.4, -0.2) is 46.7 Å². The van der Waals surface area contributed by atoms with Crippen LogP contribution >= 0.6 is 11.6 Å². The molecule has 0 unspecified atom stereocenters. The number of rotatable bonds is 5. The van der Waals surface area contributed by atoms with Gasteiger partial charge in [0.2, 0.25) is 0 Å². The van der Waals surface area contributed by atoms with Gasteiger partial charge < -0.3 is 9.84 Å². The zero-order valence-electron chi connectivity index (χ0n) is 10.4. The van der Waals surface area contributed by atoms with Crippen LogP contribution in [0.15, 0.2) is 18.2 Å². The molecule has 89 valence electrons. The first-order valence-corrected chi connectivity index (χ1v) is 5.60. The summed E-state index contributed by atoms with van der Waals surface area (Å²) in [5.41, 5.74) is 0.947. The number of carbonyl (C=O) groups is 1. The summed E-state index contributed by atoms with van der Waals surface area (Å²) >= 11 is 5.88. The van der Waals surface area contributed by atoms with E-state index in [-0.39, 0.29) is 29.6 Å². The fraction of sp³-hybridized carbons (Fsp3) is 0.417. The Morgan fingerprint density at radius 2 is 2.18 bits per heavy atom. The normalized spacial score (nSPS) is 11.5. The number of benzene rings is 1. The van der Waals surface area contributed by atoms with Crippen LogP contribution in [0.1, 0.15) is 25.8 Å². The van der Waals surface area contributed by atoms with Crippen molar-refractivity contribution in [2.24, 2.45) is 0 Å². The third kappa shape index (κ3) is 5.30. The molecule has 17 heavy (non-hydrogen) atoms. The molecule has 0 aliphatic carbocycles. The summed E-state index contributed by atoms with van der Waals surface area (Å²) in [5.74, 6) is -0.376. The van der Waals surface area contributed by atoms with Gasteiger partial charge in [0, 0.05) is 34.6 Å². The molecule has 1 rings (SSSR count). The Kier molecular flexibility index (Phi) is 7.88. The van der Waals surface area contributed by atoms with Crippen molar-refractivity contribution in [2.45, 2.75) is 32.8 Å². The number of carboxylic acid groups (broad SMARTS) is 1. The van der Waals surface area contributed by atoms with E-state index in [1.165, 1.54) is 6.92 Å².